The van der Waals surface area contributed by atoms with Gasteiger partial charge in [-0.05, 0) is 24.9 Å². The highest BCUT2D eigenvalue weighted by Crippen LogP contribution is 2.19. The standard InChI is InChI=1S/C16H21FN6O2/c17-13-4-2-1-3-12(13)10-23-6-5-11(9-23)7-18-15(24)19-8-14-20-16(25)22-21-14/h1-4,11H,5-10H2,(H2,18,19,24)(H2,20,21,22,25)/t11-/m0/s1. The summed E-state index contributed by atoms with van der Waals surface area (Å²) in [4.78, 5) is 27.3. The zero-order valence-corrected chi connectivity index (χ0v) is 13.7. The normalized spacial score (nSPS) is 17.6. The van der Waals surface area contributed by atoms with Gasteiger partial charge in [0.15, 0.2) is 0 Å². The van der Waals surface area contributed by atoms with Gasteiger partial charge < -0.3 is 10.6 Å². The van der Waals surface area contributed by atoms with Crippen LogP contribution in [0.2, 0.25) is 0 Å². The molecule has 0 saturated carbocycles. The Morgan fingerprint density at radius 2 is 2.20 bits per heavy atom. The van der Waals surface area contributed by atoms with Crippen LogP contribution in [0, 0.1) is 11.7 Å². The summed E-state index contributed by atoms with van der Waals surface area (Å²) in [5, 5.41) is 11.4. The Bertz CT molecular complexity index is 774. The number of carbonyl (C=O) groups excluding carboxylic acids is 1. The highest BCUT2D eigenvalue weighted by Gasteiger charge is 2.23. The summed E-state index contributed by atoms with van der Waals surface area (Å²) in [6, 6.07) is 6.49. The third-order valence-electron chi connectivity index (χ3n) is 4.24. The second-order valence-electron chi connectivity index (χ2n) is 6.17. The number of hydrogen-bond donors (Lipinski definition) is 4. The average molecular weight is 348 g/mol. The van der Waals surface area contributed by atoms with E-state index in [9.17, 15) is 14.0 Å². The quantitative estimate of drug-likeness (QED) is 0.612. The maximum absolute atomic E-state index is 13.7. The zero-order valence-electron chi connectivity index (χ0n) is 13.7. The summed E-state index contributed by atoms with van der Waals surface area (Å²) in [6.07, 6.45) is 0.960. The lowest BCUT2D eigenvalue weighted by molar-refractivity contribution is 0.237. The predicted molar refractivity (Wildman–Crippen MR) is 89.2 cm³/mol. The molecule has 1 atom stereocenters. The largest absolute Gasteiger partial charge is 0.340 e. The summed E-state index contributed by atoms with van der Waals surface area (Å²) in [5.74, 6) is 0.527. The number of H-pyrrole nitrogens is 2. The van der Waals surface area contributed by atoms with Gasteiger partial charge in [-0.25, -0.2) is 19.1 Å². The Kier molecular flexibility index (Phi) is 5.44. The fourth-order valence-corrected chi connectivity index (χ4v) is 2.94. The van der Waals surface area contributed by atoms with Crippen molar-refractivity contribution >= 4 is 6.03 Å². The predicted octanol–water partition coefficient (Wildman–Crippen LogP) is 0.558. The van der Waals surface area contributed by atoms with Crippen molar-refractivity contribution in [1.82, 2.24) is 30.7 Å². The topological polar surface area (TPSA) is 106 Å². The van der Waals surface area contributed by atoms with E-state index in [-0.39, 0.29) is 18.4 Å². The fourth-order valence-electron chi connectivity index (χ4n) is 2.94. The Morgan fingerprint density at radius 1 is 1.36 bits per heavy atom. The van der Waals surface area contributed by atoms with Crippen LogP contribution in [0.3, 0.4) is 0 Å². The number of nitrogens with one attached hydrogen (secondary N) is 4. The number of hydrogen-bond acceptors (Lipinski definition) is 4. The lowest BCUT2D eigenvalue weighted by atomic mass is 10.1. The molecule has 2 heterocycles. The minimum atomic E-state index is -0.405. The maximum atomic E-state index is 13.7. The van der Waals surface area contributed by atoms with Crippen LogP contribution in [-0.4, -0.2) is 45.7 Å². The number of halogens is 1. The van der Waals surface area contributed by atoms with Crippen molar-refractivity contribution in [3.8, 4) is 0 Å². The van der Waals surface area contributed by atoms with Gasteiger partial charge in [0.2, 0.25) is 0 Å². The molecule has 3 rings (SSSR count). The summed E-state index contributed by atoms with van der Waals surface area (Å²) in [5.41, 5.74) is 0.292. The van der Waals surface area contributed by atoms with Gasteiger partial charge in [-0.15, -0.1) is 0 Å². The van der Waals surface area contributed by atoms with E-state index in [1.165, 1.54) is 6.07 Å². The van der Waals surface area contributed by atoms with Gasteiger partial charge in [-0.2, -0.15) is 5.10 Å². The van der Waals surface area contributed by atoms with E-state index in [0.717, 1.165) is 19.5 Å². The molecule has 0 spiro atoms. The fraction of sp³-hybridized carbons (Fsp3) is 0.438. The lowest BCUT2D eigenvalue weighted by Gasteiger charge is -2.17. The number of rotatable bonds is 6. The van der Waals surface area contributed by atoms with Crippen molar-refractivity contribution in [2.45, 2.75) is 19.5 Å². The molecule has 8 nitrogen and oxygen atoms in total. The number of aromatic nitrogens is 3. The molecule has 1 saturated heterocycles. The number of urea groups is 1. The second-order valence-corrected chi connectivity index (χ2v) is 6.17. The maximum Gasteiger partial charge on any atom is 0.340 e. The summed E-state index contributed by atoms with van der Waals surface area (Å²) >= 11 is 0. The third-order valence-corrected chi connectivity index (χ3v) is 4.24. The molecule has 0 unspecified atom stereocenters. The molecule has 0 radical (unpaired) electrons. The van der Waals surface area contributed by atoms with Crippen LogP contribution >= 0.6 is 0 Å². The first-order valence-corrected chi connectivity index (χ1v) is 8.21. The van der Waals surface area contributed by atoms with E-state index in [1.54, 1.807) is 12.1 Å². The minimum Gasteiger partial charge on any atom is -0.338 e. The van der Waals surface area contributed by atoms with Crippen LogP contribution in [0.1, 0.15) is 17.8 Å². The summed E-state index contributed by atoms with van der Waals surface area (Å²) in [7, 11) is 0. The molecule has 1 aliphatic heterocycles. The van der Waals surface area contributed by atoms with Crippen molar-refractivity contribution in [3.63, 3.8) is 0 Å². The molecular weight excluding hydrogens is 327 g/mol. The van der Waals surface area contributed by atoms with Crippen LogP contribution in [-0.2, 0) is 13.1 Å². The molecular formula is C16H21FN6O2. The SMILES string of the molecule is O=C(NCc1n[nH]c(=O)[nH]1)NC[C@@H]1CCN(Cc2ccccc2F)C1. The zero-order chi connectivity index (χ0) is 17.6. The van der Waals surface area contributed by atoms with Gasteiger partial charge >= 0.3 is 11.7 Å². The van der Waals surface area contributed by atoms with Crippen LogP contribution in [0.25, 0.3) is 0 Å². The van der Waals surface area contributed by atoms with Gasteiger partial charge in [0.25, 0.3) is 0 Å². The van der Waals surface area contributed by atoms with E-state index in [2.05, 4.69) is 30.7 Å². The van der Waals surface area contributed by atoms with Crippen LogP contribution in [0.4, 0.5) is 9.18 Å². The Balaban J connectivity index is 1.37. The number of aromatic amines is 2. The van der Waals surface area contributed by atoms with E-state index in [1.807, 2.05) is 6.07 Å². The number of nitrogens with zero attached hydrogens (tertiary/aromatic N) is 2. The number of carbonyl (C=O) groups is 1. The highest BCUT2D eigenvalue weighted by atomic mass is 19.1. The van der Waals surface area contributed by atoms with E-state index >= 15 is 0 Å². The van der Waals surface area contributed by atoms with Crippen molar-refractivity contribution in [2.75, 3.05) is 19.6 Å². The van der Waals surface area contributed by atoms with E-state index in [4.69, 9.17) is 0 Å². The van der Waals surface area contributed by atoms with Crippen LogP contribution in [0.5, 0.6) is 0 Å². The second kappa shape index (κ2) is 7.93. The molecule has 1 aromatic carbocycles. The van der Waals surface area contributed by atoms with Gasteiger partial charge in [0.1, 0.15) is 11.6 Å². The molecule has 134 valence electrons. The molecule has 4 N–H and O–H groups in total. The molecule has 0 aliphatic carbocycles. The molecule has 0 bridgehead atoms. The Morgan fingerprint density at radius 3 is 2.96 bits per heavy atom. The van der Waals surface area contributed by atoms with Gasteiger partial charge in [0, 0.05) is 25.2 Å². The average Bonchev–Trinajstić information content (AvgIpc) is 3.22. The molecule has 2 amide bonds. The molecule has 1 aromatic heterocycles. The summed E-state index contributed by atoms with van der Waals surface area (Å²) < 4.78 is 13.7. The molecule has 1 fully saturated rings. The number of amides is 2. The van der Waals surface area contributed by atoms with Crippen molar-refractivity contribution in [2.24, 2.45) is 5.92 Å². The van der Waals surface area contributed by atoms with Gasteiger partial charge in [-0.3, -0.25) is 9.88 Å². The van der Waals surface area contributed by atoms with Crippen molar-refractivity contribution in [3.05, 3.63) is 52.0 Å². The molecule has 1 aliphatic rings. The minimum absolute atomic E-state index is 0.147. The van der Waals surface area contributed by atoms with Crippen molar-refractivity contribution in [1.29, 1.82) is 0 Å². The lowest BCUT2D eigenvalue weighted by Crippen LogP contribution is -2.38. The monoisotopic (exact) mass is 348 g/mol. The van der Waals surface area contributed by atoms with Crippen LogP contribution in [0.15, 0.2) is 29.1 Å². The van der Waals surface area contributed by atoms with Crippen molar-refractivity contribution < 1.29 is 9.18 Å². The van der Waals surface area contributed by atoms with Gasteiger partial charge in [0.05, 0.1) is 6.54 Å². The van der Waals surface area contributed by atoms with Crippen LogP contribution < -0.4 is 16.3 Å². The summed E-state index contributed by atoms with van der Waals surface area (Å²) in [6.45, 7) is 2.99. The first kappa shape index (κ1) is 17.2. The first-order chi connectivity index (χ1) is 12.1. The first-order valence-electron chi connectivity index (χ1n) is 8.21. The Labute approximate surface area is 143 Å². The number of likely N-dealkylation sites (tertiary alicyclic amines) is 1. The number of benzene rings is 1. The third kappa shape index (κ3) is 4.90. The van der Waals surface area contributed by atoms with Gasteiger partial charge in [-0.1, -0.05) is 18.2 Å². The molecule has 2 aromatic rings. The smallest absolute Gasteiger partial charge is 0.338 e. The van der Waals surface area contributed by atoms with E-state index in [0.29, 0.717) is 30.4 Å². The highest BCUT2D eigenvalue weighted by molar-refractivity contribution is 5.73. The molecule has 9 heteroatoms. The van der Waals surface area contributed by atoms with E-state index < -0.39 is 5.69 Å². The Hall–Kier alpha value is -2.68. The molecule has 25 heavy (non-hydrogen) atoms.